The first-order valence-corrected chi connectivity index (χ1v) is 12.4. The molecule has 1 spiro atoms. The third-order valence-electron chi connectivity index (χ3n) is 8.02. The number of aromatic nitrogens is 1. The van der Waals surface area contributed by atoms with E-state index in [9.17, 15) is 9.59 Å². The number of H-pyrrole nitrogens is 1. The predicted molar refractivity (Wildman–Crippen MR) is 135 cm³/mol. The summed E-state index contributed by atoms with van der Waals surface area (Å²) < 4.78 is 0. The van der Waals surface area contributed by atoms with Crippen LogP contribution in [0.4, 0.5) is 4.79 Å². The number of carbonyl (C=O) groups is 2. The molecule has 6 nitrogen and oxygen atoms in total. The number of likely N-dealkylation sites (N-methyl/N-ethyl adjacent to an activating group) is 1. The molecule has 2 aromatic carbocycles. The Morgan fingerprint density at radius 2 is 1.68 bits per heavy atom. The molecule has 178 valence electrons. The number of amides is 3. The lowest BCUT2D eigenvalue weighted by atomic mass is 9.85. The average Bonchev–Trinajstić information content (AvgIpc) is 3.36. The van der Waals surface area contributed by atoms with Crippen molar-refractivity contribution in [2.45, 2.75) is 50.6 Å². The average molecular weight is 459 g/mol. The van der Waals surface area contributed by atoms with E-state index >= 15 is 0 Å². The van der Waals surface area contributed by atoms with Gasteiger partial charge in [-0.3, -0.25) is 9.69 Å². The van der Waals surface area contributed by atoms with Crippen LogP contribution in [-0.4, -0.2) is 69.9 Å². The van der Waals surface area contributed by atoms with Gasteiger partial charge in [-0.15, -0.1) is 0 Å². The van der Waals surface area contributed by atoms with Crippen molar-refractivity contribution < 1.29 is 9.59 Å². The number of nitrogens with one attached hydrogen (secondary N) is 1. The summed E-state index contributed by atoms with van der Waals surface area (Å²) in [4.78, 5) is 35.5. The molecule has 5 rings (SSSR count). The van der Waals surface area contributed by atoms with Gasteiger partial charge in [-0.05, 0) is 56.2 Å². The summed E-state index contributed by atoms with van der Waals surface area (Å²) in [6.45, 7) is 4.40. The van der Waals surface area contributed by atoms with Crippen molar-refractivity contribution in [3.05, 3.63) is 71.9 Å². The predicted octanol–water partition coefficient (Wildman–Crippen LogP) is 4.46. The summed E-state index contributed by atoms with van der Waals surface area (Å²) in [5.74, 6) is -0.0120. The third kappa shape index (κ3) is 4.00. The first kappa shape index (κ1) is 22.7. The number of nitrogens with zero attached hydrogens (tertiary/aromatic N) is 3. The largest absolute Gasteiger partial charge is 0.361 e. The maximum Gasteiger partial charge on any atom is 0.327 e. The Hall–Kier alpha value is -3.12. The van der Waals surface area contributed by atoms with Gasteiger partial charge in [0.2, 0.25) is 0 Å². The van der Waals surface area contributed by atoms with E-state index in [1.165, 1.54) is 21.4 Å². The molecular formula is C28H34N4O2. The molecular weight excluding hydrogens is 424 g/mol. The Labute approximate surface area is 201 Å². The monoisotopic (exact) mass is 458 g/mol. The Balaban J connectivity index is 1.18. The molecule has 0 radical (unpaired) electrons. The maximum absolute atomic E-state index is 13.4. The van der Waals surface area contributed by atoms with Gasteiger partial charge >= 0.3 is 6.03 Å². The lowest BCUT2D eigenvalue weighted by Crippen LogP contribution is -2.56. The molecule has 2 fully saturated rings. The topological polar surface area (TPSA) is 59.7 Å². The molecule has 34 heavy (non-hydrogen) atoms. The first-order valence-electron chi connectivity index (χ1n) is 12.4. The number of rotatable bonds is 7. The molecule has 1 aromatic heterocycles. The van der Waals surface area contributed by atoms with Crippen molar-refractivity contribution in [2.24, 2.45) is 0 Å². The normalized spacial score (nSPS) is 19.5. The number of fused-ring (bicyclic) bond motifs is 1. The van der Waals surface area contributed by atoms with Crippen LogP contribution in [0.5, 0.6) is 0 Å². The van der Waals surface area contributed by atoms with Crippen LogP contribution in [0.15, 0.2) is 60.8 Å². The van der Waals surface area contributed by atoms with Gasteiger partial charge in [0.15, 0.2) is 0 Å². The van der Waals surface area contributed by atoms with E-state index < -0.39 is 5.54 Å². The minimum atomic E-state index is -0.680. The molecule has 2 aliphatic rings. The molecule has 1 N–H and O–H groups in total. The van der Waals surface area contributed by atoms with Gasteiger partial charge in [-0.2, -0.15) is 0 Å². The second kappa shape index (κ2) is 9.26. The van der Waals surface area contributed by atoms with Crippen molar-refractivity contribution >= 4 is 22.8 Å². The summed E-state index contributed by atoms with van der Waals surface area (Å²) in [7, 11) is 1.80. The highest BCUT2D eigenvalue weighted by Gasteiger charge is 2.56. The maximum atomic E-state index is 13.4. The molecule has 2 saturated heterocycles. The molecule has 6 heteroatoms. The number of likely N-dealkylation sites (tertiary alicyclic amines) is 1. The van der Waals surface area contributed by atoms with Gasteiger partial charge in [0.05, 0.1) is 0 Å². The van der Waals surface area contributed by atoms with E-state index in [0.717, 1.165) is 31.5 Å². The van der Waals surface area contributed by atoms with E-state index in [1.54, 1.807) is 11.9 Å². The van der Waals surface area contributed by atoms with Crippen LogP contribution in [0.1, 0.15) is 37.3 Å². The number of imide groups is 1. The quantitative estimate of drug-likeness (QED) is 0.532. The van der Waals surface area contributed by atoms with Gasteiger partial charge in [0.1, 0.15) is 5.54 Å². The van der Waals surface area contributed by atoms with Crippen molar-refractivity contribution in [3.63, 3.8) is 0 Å². The summed E-state index contributed by atoms with van der Waals surface area (Å²) >= 11 is 0. The zero-order valence-electron chi connectivity index (χ0n) is 20.2. The number of hydrogen-bond acceptors (Lipinski definition) is 3. The first-order chi connectivity index (χ1) is 16.5. The number of para-hydroxylation sites is 1. The minimum Gasteiger partial charge on any atom is -0.361 e. The van der Waals surface area contributed by atoms with Gasteiger partial charge in [0.25, 0.3) is 5.91 Å². The van der Waals surface area contributed by atoms with E-state index in [1.807, 2.05) is 30.3 Å². The van der Waals surface area contributed by atoms with Crippen LogP contribution in [0.2, 0.25) is 0 Å². The van der Waals surface area contributed by atoms with E-state index in [2.05, 4.69) is 47.3 Å². The fraction of sp³-hybridized carbons (Fsp3) is 0.429. The van der Waals surface area contributed by atoms with Crippen LogP contribution in [0.25, 0.3) is 10.9 Å². The van der Waals surface area contributed by atoms with Gasteiger partial charge in [-0.1, -0.05) is 48.5 Å². The minimum absolute atomic E-state index is 0.0120. The van der Waals surface area contributed by atoms with Crippen LogP contribution >= 0.6 is 0 Å². The number of urea groups is 1. The van der Waals surface area contributed by atoms with Gasteiger partial charge in [-0.25, -0.2) is 4.79 Å². The molecule has 0 saturated carbocycles. The van der Waals surface area contributed by atoms with Gasteiger partial charge < -0.3 is 14.8 Å². The Morgan fingerprint density at radius 3 is 2.44 bits per heavy atom. The molecule has 3 heterocycles. The van der Waals surface area contributed by atoms with E-state index in [4.69, 9.17) is 0 Å². The number of hydrogen-bond donors (Lipinski definition) is 1. The van der Waals surface area contributed by atoms with E-state index in [0.29, 0.717) is 31.8 Å². The van der Waals surface area contributed by atoms with Crippen molar-refractivity contribution in [1.82, 2.24) is 19.7 Å². The zero-order valence-corrected chi connectivity index (χ0v) is 20.2. The van der Waals surface area contributed by atoms with Gasteiger partial charge in [0, 0.05) is 49.8 Å². The SMILES string of the molecule is CC(CCc1c[nH]c2ccccc12)N1CCC2(CC1)C(=O)N(CCc1ccccc1)C(=O)N2C. The Bertz CT molecular complexity index is 1160. The number of benzene rings is 2. The summed E-state index contributed by atoms with van der Waals surface area (Å²) in [5, 5.41) is 1.31. The molecule has 3 amide bonds. The highest BCUT2D eigenvalue weighted by Crippen LogP contribution is 2.37. The van der Waals surface area contributed by atoms with Crippen LogP contribution in [-0.2, 0) is 17.6 Å². The molecule has 1 unspecified atom stereocenters. The zero-order chi connectivity index (χ0) is 23.7. The van der Waals surface area contributed by atoms with Crippen LogP contribution in [0.3, 0.4) is 0 Å². The highest BCUT2D eigenvalue weighted by molar-refractivity contribution is 6.07. The molecule has 3 aromatic rings. The summed E-state index contributed by atoms with van der Waals surface area (Å²) in [6, 6.07) is 18.8. The summed E-state index contributed by atoms with van der Waals surface area (Å²) in [5.41, 5.74) is 3.02. The smallest absolute Gasteiger partial charge is 0.327 e. The number of piperidine rings is 1. The third-order valence-corrected chi connectivity index (χ3v) is 8.02. The number of aryl methyl sites for hydroxylation is 1. The molecule has 0 bridgehead atoms. The van der Waals surface area contributed by atoms with E-state index in [-0.39, 0.29) is 11.9 Å². The Morgan fingerprint density at radius 1 is 0.971 bits per heavy atom. The second-order valence-electron chi connectivity index (χ2n) is 9.85. The molecule has 0 aliphatic carbocycles. The van der Waals surface area contributed by atoms with Crippen molar-refractivity contribution in [3.8, 4) is 0 Å². The number of aromatic amines is 1. The number of carbonyl (C=O) groups excluding carboxylic acids is 2. The van der Waals surface area contributed by atoms with Crippen LogP contribution in [0, 0.1) is 0 Å². The van der Waals surface area contributed by atoms with Crippen molar-refractivity contribution in [2.75, 3.05) is 26.7 Å². The fourth-order valence-corrected chi connectivity index (χ4v) is 5.70. The Kier molecular flexibility index (Phi) is 6.17. The lowest BCUT2D eigenvalue weighted by molar-refractivity contribution is -0.135. The molecule has 2 aliphatic heterocycles. The fourth-order valence-electron chi connectivity index (χ4n) is 5.70. The molecule has 1 atom stereocenters. The van der Waals surface area contributed by atoms with Crippen molar-refractivity contribution in [1.29, 1.82) is 0 Å². The van der Waals surface area contributed by atoms with Crippen LogP contribution < -0.4 is 0 Å². The highest BCUT2D eigenvalue weighted by atomic mass is 16.2. The second-order valence-corrected chi connectivity index (χ2v) is 9.85. The lowest BCUT2D eigenvalue weighted by Gasteiger charge is -2.43. The summed E-state index contributed by atoms with van der Waals surface area (Å²) in [6.07, 6.45) is 6.32. The standard InChI is InChI=1S/C28H34N4O2/c1-21(12-13-23-20-29-25-11-7-6-10-24(23)25)31-18-15-28(16-19-31)26(33)32(27(34)30(28)2)17-14-22-8-4-3-5-9-22/h3-11,20-21,29H,12-19H2,1-2H3.